The first-order valence-electron chi connectivity index (χ1n) is 4.25. The number of nitrogens with one attached hydrogen (secondary N) is 2. The molecule has 1 aliphatic rings. The summed E-state index contributed by atoms with van der Waals surface area (Å²) in [7, 11) is 0. The molecule has 1 aromatic rings. The predicted molar refractivity (Wildman–Crippen MR) is 47.7 cm³/mol. The van der Waals surface area contributed by atoms with Gasteiger partial charge in [0.15, 0.2) is 0 Å². The zero-order chi connectivity index (χ0) is 9.26. The molecular weight excluding hydrogens is 166 g/mol. The SMILES string of the molecule is CC1NC(c2ccccn2)NC1=O. The van der Waals surface area contributed by atoms with E-state index < -0.39 is 0 Å². The van der Waals surface area contributed by atoms with E-state index >= 15 is 0 Å². The first-order chi connectivity index (χ1) is 6.27. The van der Waals surface area contributed by atoms with Gasteiger partial charge in [-0.05, 0) is 19.1 Å². The second kappa shape index (κ2) is 3.14. The van der Waals surface area contributed by atoms with E-state index in [0.717, 1.165) is 5.69 Å². The Kier molecular flexibility index (Phi) is 1.98. The Morgan fingerprint density at radius 1 is 1.46 bits per heavy atom. The zero-order valence-electron chi connectivity index (χ0n) is 7.32. The minimum Gasteiger partial charge on any atom is -0.334 e. The molecule has 2 heterocycles. The van der Waals surface area contributed by atoms with E-state index in [2.05, 4.69) is 15.6 Å². The molecule has 2 atom stereocenters. The molecule has 0 radical (unpaired) electrons. The van der Waals surface area contributed by atoms with Crippen LogP contribution in [0.25, 0.3) is 0 Å². The van der Waals surface area contributed by atoms with Crippen molar-refractivity contribution < 1.29 is 4.79 Å². The Morgan fingerprint density at radius 3 is 2.85 bits per heavy atom. The summed E-state index contributed by atoms with van der Waals surface area (Å²) in [4.78, 5) is 15.3. The molecule has 0 aliphatic carbocycles. The molecule has 2 N–H and O–H groups in total. The molecule has 1 aliphatic heterocycles. The van der Waals surface area contributed by atoms with Gasteiger partial charge in [0.05, 0.1) is 11.7 Å². The van der Waals surface area contributed by atoms with Gasteiger partial charge >= 0.3 is 0 Å². The van der Waals surface area contributed by atoms with Crippen molar-refractivity contribution in [2.45, 2.75) is 19.1 Å². The Bertz CT molecular complexity index is 312. The van der Waals surface area contributed by atoms with Crippen LogP contribution in [0, 0.1) is 0 Å². The van der Waals surface area contributed by atoms with Gasteiger partial charge < -0.3 is 5.32 Å². The normalized spacial score (nSPS) is 27.3. The van der Waals surface area contributed by atoms with Gasteiger partial charge in [-0.3, -0.25) is 15.1 Å². The van der Waals surface area contributed by atoms with Crippen LogP contribution in [-0.2, 0) is 4.79 Å². The second-order valence-corrected chi connectivity index (χ2v) is 3.08. The summed E-state index contributed by atoms with van der Waals surface area (Å²) in [6.45, 7) is 1.83. The average molecular weight is 177 g/mol. The van der Waals surface area contributed by atoms with Gasteiger partial charge in [0, 0.05) is 6.20 Å². The maximum atomic E-state index is 11.2. The van der Waals surface area contributed by atoms with Crippen LogP contribution >= 0.6 is 0 Å². The van der Waals surface area contributed by atoms with Crippen molar-refractivity contribution >= 4 is 5.91 Å². The minimum atomic E-state index is -0.135. The summed E-state index contributed by atoms with van der Waals surface area (Å²) in [5.74, 6) is 0.0238. The molecule has 4 heteroatoms. The van der Waals surface area contributed by atoms with Crippen LogP contribution in [-0.4, -0.2) is 16.9 Å². The van der Waals surface area contributed by atoms with Gasteiger partial charge in [-0.15, -0.1) is 0 Å². The fraction of sp³-hybridized carbons (Fsp3) is 0.333. The molecule has 2 unspecified atom stereocenters. The van der Waals surface area contributed by atoms with Crippen LogP contribution in [0.4, 0.5) is 0 Å². The number of amides is 1. The highest BCUT2D eigenvalue weighted by atomic mass is 16.2. The van der Waals surface area contributed by atoms with E-state index in [4.69, 9.17) is 0 Å². The lowest BCUT2D eigenvalue weighted by atomic mass is 10.3. The maximum Gasteiger partial charge on any atom is 0.238 e. The van der Waals surface area contributed by atoms with Crippen molar-refractivity contribution in [3.63, 3.8) is 0 Å². The Morgan fingerprint density at radius 2 is 2.31 bits per heavy atom. The number of carbonyl (C=O) groups is 1. The van der Waals surface area contributed by atoms with Crippen LogP contribution in [0.3, 0.4) is 0 Å². The van der Waals surface area contributed by atoms with E-state index in [1.54, 1.807) is 6.20 Å². The first kappa shape index (κ1) is 8.19. The van der Waals surface area contributed by atoms with Gasteiger partial charge in [0.25, 0.3) is 0 Å². The van der Waals surface area contributed by atoms with Gasteiger partial charge in [0.2, 0.25) is 5.91 Å². The predicted octanol–water partition coefficient (Wildman–Crippen LogP) is 0.188. The second-order valence-electron chi connectivity index (χ2n) is 3.08. The van der Waals surface area contributed by atoms with E-state index in [-0.39, 0.29) is 18.1 Å². The van der Waals surface area contributed by atoms with Crippen LogP contribution in [0.5, 0.6) is 0 Å². The number of pyridine rings is 1. The highest BCUT2D eigenvalue weighted by Crippen LogP contribution is 2.11. The minimum absolute atomic E-state index is 0.0238. The summed E-state index contributed by atoms with van der Waals surface area (Å²) in [6.07, 6.45) is 1.58. The molecule has 1 fully saturated rings. The third-order valence-electron chi connectivity index (χ3n) is 2.08. The van der Waals surface area contributed by atoms with Crippen LogP contribution < -0.4 is 10.6 Å². The van der Waals surface area contributed by atoms with Gasteiger partial charge in [-0.1, -0.05) is 6.07 Å². The number of hydrogen-bond acceptors (Lipinski definition) is 3. The Labute approximate surface area is 76.4 Å². The molecule has 0 spiro atoms. The summed E-state index contributed by atoms with van der Waals surface area (Å²) in [6, 6.07) is 5.51. The lowest BCUT2D eigenvalue weighted by Gasteiger charge is -2.08. The molecule has 0 bridgehead atoms. The molecule has 2 rings (SSSR count). The number of nitrogens with zero attached hydrogens (tertiary/aromatic N) is 1. The Balaban J connectivity index is 2.17. The van der Waals surface area contributed by atoms with E-state index in [0.29, 0.717) is 0 Å². The third kappa shape index (κ3) is 1.53. The number of hydrogen-bond donors (Lipinski definition) is 2. The smallest absolute Gasteiger partial charge is 0.238 e. The van der Waals surface area contributed by atoms with Gasteiger partial charge in [0.1, 0.15) is 6.17 Å². The fourth-order valence-corrected chi connectivity index (χ4v) is 1.34. The number of rotatable bonds is 1. The number of carbonyl (C=O) groups excluding carboxylic acids is 1. The lowest BCUT2D eigenvalue weighted by Crippen LogP contribution is -2.24. The van der Waals surface area contributed by atoms with E-state index in [1.165, 1.54) is 0 Å². The molecule has 0 aromatic carbocycles. The van der Waals surface area contributed by atoms with Crippen LogP contribution in [0.1, 0.15) is 18.8 Å². The summed E-state index contributed by atoms with van der Waals surface area (Å²) < 4.78 is 0. The van der Waals surface area contributed by atoms with Gasteiger partial charge in [-0.2, -0.15) is 0 Å². The van der Waals surface area contributed by atoms with Crippen molar-refractivity contribution in [2.75, 3.05) is 0 Å². The highest BCUT2D eigenvalue weighted by Gasteiger charge is 2.28. The Hall–Kier alpha value is -1.42. The standard InChI is InChI=1S/C9H11N3O/c1-6-9(13)12-8(11-6)7-4-2-3-5-10-7/h2-6,8,11H,1H3,(H,12,13). The topological polar surface area (TPSA) is 54.0 Å². The van der Waals surface area contributed by atoms with Gasteiger partial charge in [-0.25, -0.2) is 0 Å². The summed E-state index contributed by atoms with van der Waals surface area (Å²) in [5, 5.41) is 5.90. The van der Waals surface area contributed by atoms with Crippen molar-refractivity contribution in [2.24, 2.45) is 0 Å². The first-order valence-corrected chi connectivity index (χ1v) is 4.25. The maximum absolute atomic E-state index is 11.2. The van der Waals surface area contributed by atoms with Crippen LogP contribution in [0.2, 0.25) is 0 Å². The van der Waals surface area contributed by atoms with Crippen molar-refractivity contribution in [3.8, 4) is 0 Å². The summed E-state index contributed by atoms with van der Waals surface area (Å²) in [5.41, 5.74) is 0.847. The average Bonchev–Trinajstić information content (AvgIpc) is 2.49. The molecule has 4 nitrogen and oxygen atoms in total. The molecule has 13 heavy (non-hydrogen) atoms. The molecular formula is C9H11N3O. The molecule has 1 saturated heterocycles. The van der Waals surface area contributed by atoms with Crippen LogP contribution in [0.15, 0.2) is 24.4 Å². The van der Waals surface area contributed by atoms with Crippen molar-refractivity contribution in [3.05, 3.63) is 30.1 Å². The number of aromatic nitrogens is 1. The fourth-order valence-electron chi connectivity index (χ4n) is 1.34. The monoisotopic (exact) mass is 177 g/mol. The molecule has 68 valence electrons. The summed E-state index contributed by atoms with van der Waals surface area (Å²) >= 11 is 0. The molecule has 1 amide bonds. The zero-order valence-corrected chi connectivity index (χ0v) is 7.32. The quantitative estimate of drug-likeness (QED) is 0.643. The molecule has 1 aromatic heterocycles. The highest BCUT2D eigenvalue weighted by molar-refractivity contribution is 5.83. The molecule has 0 saturated carbocycles. The lowest BCUT2D eigenvalue weighted by molar-refractivity contribution is -0.120. The van der Waals surface area contributed by atoms with Crippen molar-refractivity contribution in [1.29, 1.82) is 0 Å². The van der Waals surface area contributed by atoms with E-state index in [1.807, 2.05) is 25.1 Å². The largest absolute Gasteiger partial charge is 0.334 e. The van der Waals surface area contributed by atoms with E-state index in [9.17, 15) is 4.79 Å². The third-order valence-corrected chi connectivity index (χ3v) is 2.08. The van der Waals surface area contributed by atoms with Crippen molar-refractivity contribution in [1.82, 2.24) is 15.6 Å².